The monoisotopic (exact) mass is 267 g/mol. The lowest BCUT2D eigenvalue weighted by Gasteiger charge is -2.28. The average molecular weight is 267 g/mol. The molecule has 0 aromatic heterocycles. The van der Waals surface area contributed by atoms with E-state index in [1.807, 2.05) is 0 Å². The third kappa shape index (κ3) is 5.07. The summed E-state index contributed by atoms with van der Waals surface area (Å²) in [4.78, 5) is 11.0. The summed E-state index contributed by atoms with van der Waals surface area (Å²) < 4.78 is 10.8. The standard InChI is InChI=1S/C15H25NO3/c1-4-5-9-13(19-15(16)17)14(18-3)12-8-6-7-11(2)10-12/h6,8,10-11,13-14H,4-5,7,9H2,1-3H3,(H2,16,17). The van der Waals surface area contributed by atoms with Gasteiger partial charge in [-0.05, 0) is 30.8 Å². The zero-order valence-electron chi connectivity index (χ0n) is 12.1. The van der Waals surface area contributed by atoms with E-state index in [1.165, 1.54) is 0 Å². The van der Waals surface area contributed by atoms with Crippen molar-refractivity contribution in [3.05, 3.63) is 23.8 Å². The van der Waals surface area contributed by atoms with Crippen molar-refractivity contribution in [3.63, 3.8) is 0 Å². The first-order chi connectivity index (χ1) is 9.08. The van der Waals surface area contributed by atoms with Gasteiger partial charge in [-0.2, -0.15) is 0 Å². The first-order valence-corrected chi connectivity index (χ1v) is 6.95. The highest BCUT2D eigenvalue weighted by atomic mass is 16.6. The van der Waals surface area contributed by atoms with Crippen LogP contribution in [0, 0.1) is 5.92 Å². The molecule has 19 heavy (non-hydrogen) atoms. The van der Waals surface area contributed by atoms with Crippen molar-refractivity contribution >= 4 is 6.09 Å². The maximum Gasteiger partial charge on any atom is 0.404 e. The Hall–Kier alpha value is -1.29. The van der Waals surface area contributed by atoms with Gasteiger partial charge in [-0.15, -0.1) is 0 Å². The van der Waals surface area contributed by atoms with Gasteiger partial charge in [0.2, 0.25) is 0 Å². The van der Waals surface area contributed by atoms with Crippen LogP contribution < -0.4 is 5.73 Å². The van der Waals surface area contributed by atoms with Crippen LogP contribution in [0.15, 0.2) is 23.8 Å². The molecule has 0 saturated heterocycles. The number of rotatable bonds is 7. The molecule has 1 amide bonds. The van der Waals surface area contributed by atoms with Gasteiger partial charge < -0.3 is 15.2 Å². The lowest BCUT2D eigenvalue weighted by atomic mass is 9.91. The Labute approximate surface area is 115 Å². The second-order valence-corrected chi connectivity index (χ2v) is 5.06. The van der Waals surface area contributed by atoms with Gasteiger partial charge in [0.25, 0.3) is 0 Å². The fraction of sp³-hybridized carbons (Fsp3) is 0.667. The Bertz CT molecular complexity index is 349. The largest absolute Gasteiger partial charge is 0.443 e. The molecule has 1 aliphatic rings. The second kappa shape index (κ2) is 8.00. The van der Waals surface area contributed by atoms with E-state index in [9.17, 15) is 4.79 Å². The molecule has 0 fully saturated rings. The van der Waals surface area contributed by atoms with Gasteiger partial charge in [0, 0.05) is 7.11 Å². The molecule has 108 valence electrons. The Morgan fingerprint density at radius 3 is 2.84 bits per heavy atom. The summed E-state index contributed by atoms with van der Waals surface area (Å²) in [6, 6.07) is 0. The van der Waals surface area contributed by atoms with Gasteiger partial charge in [0.05, 0.1) is 0 Å². The molecule has 0 spiro atoms. The molecule has 0 heterocycles. The number of nitrogens with two attached hydrogens (primary N) is 1. The van der Waals surface area contributed by atoms with Crippen LogP contribution in [-0.2, 0) is 9.47 Å². The van der Waals surface area contributed by atoms with E-state index in [2.05, 4.69) is 32.1 Å². The van der Waals surface area contributed by atoms with Crippen LogP contribution in [0.5, 0.6) is 0 Å². The van der Waals surface area contributed by atoms with E-state index < -0.39 is 6.09 Å². The molecular formula is C15H25NO3. The lowest BCUT2D eigenvalue weighted by molar-refractivity contribution is -0.00392. The van der Waals surface area contributed by atoms with Crippen molar-refractivity contribution in [3.8, 4) is 0 Å². The number of primary amides is 1. The second-order valence-electron chi connectivity index (χ2n) is 5.06. The van der Waals surface area contributed by atoms with Gasteiger partial charge in [-0.1, -0.05) is 38.5 Å². The summed E-state index contributed by atoms with van der Waals surface area (Å²) >= 11 is 0. The lowest BCUT2D eigenvalue weighted by Crippen LogP contribution is -2.36. The molecule has 0 aromatic rings. The average Bonchev–Trinajstić information content (AvgIpc) is 2.36. The third-order valence-corrected chi connectivity index (χ3v) is 3.33. The Morgan fingerprint density at radius 2 is 2.32 bits per heavy atom. The number of methoxy groups -OCH3 is 1. The Kier molecular flexibility index (Phi) is 6.64. The van der Waals surface area contributed by atoms with Gasteiger partial charge in [0.1, 0.15) is 12.2 Å². The van der Waals surface area contributed by atoms with E-state index in [0.29, 0.717) is 5.92 Å². The highest BCUT2D eigenvalue weighted by Gasteiger charge is 2.27. The first kappa shape index (κ1) is 15.8. The smallest absolute Gasteiger partial charge is 0.404 e. The quantitative estimate of drug-likeness (QED) is 0.770. The maximum absolute atomic E-state index is 11.0. The summed E-state index contributed by atoms with van der Waals surface area (Å²) in [5, 5.41) is 0. The number of carbonyl (C=O) groups excluding carboxylic acids is 1. The molecule has 3 unspecified atom stereocenters. The van der Waals surface area contributed by atoms with E-state index in [0.717, 1.165) is 31.3 Å². The summed E-state index contributed by atoms with van der Waals surface area (Å²) in [6.07, 6.45) is 8.89. The number of carbonyl (C=O) groups is 1. The molecule has 0 aliphatic heterocycles. The number of unbranched alkanes of at least 4 members (excludes halogenated alkanes) is 1. The molecule has 1 rings (SSSR count). The van der Waals surface area contributed by atoms with Crippen molar-refractivity contribution < 1.29 is 14.3 Å². The van der Waals surface area contributed by atoms with Gasteiger partial charge in [0.15, 0.2) is 0 Å². The molecule has 0 radical (unpaired) electrons. The summed E-state index contributed by atoms with van der Waals surface area (Å²) in [7, 11) is 1.64. The molecule has 0 saturated carbocycles. The normalized spacial score (nSPS) is 21.6. The van der Waals surface area contributed by atoms with Crippen LogP contribution >= 0.6 is 0 Å². The van der Waals surface area contributed by atoms with Crippen LogP contribution in [0.1, 0.15) is 39.5 Å². The van der Waals surface area contributed by atoms with Crippen LogP contribution in [0.4, 0.5) is 4.79 Å². The number of hydrogen-bond donors (Lipinski definition) is 1. The fourth-order valence-corrected chi connectivity index (χ4v) is 2.39. The van der Waals surface area contributed by atoms with Crippen LogP contribution in [0.3, 0.4) is 0 Å². The number of ether oxygens (including phenoxy) is 2. The van der Waals surface area contributed by atoms with Gasteiger partial charge in [-0.3, -0.25) is 0 Å². The minimum atomic E-state index is -0.739. The summed E-state index contributed by atoms with van der Waals surface area (Å²) in [5.41, 5.74) is 6.23. The van der Waals surface area contributed by atoms with Crippen molar-refractivity contribution in [1.82, 2.24) is 0 Å². The highest BCUT2D eigenvalue weighted by molar-refractivity contribution is 5.65. The van der Waals surface area contributed by atoms with E-state index in [4.69, 9.17) is 15.2 Å². The Balaban J connectivity index is 2.82. The van der Waals surface area contributed by atoms with Crippen molar-refractivity contribution in [1.29, 1.82) is 0 Å². The molecule has 2 N–H and O–H groups in total. The molecule has 1 aliphatic carbocycles. The van der Waals surface area contributed by atoms with Crippen LogP contribution in [0.2, 0.25) is 0 Å². The predicted octanol–water partition coefficient (Wildman–Crippen LogP) is 3.18. The van der Waals surface area contributed by atoms with Gasteiger partial charge >= 0.3 is 6.09 Å². The highest BCUT2D eigenvalue weighted by Crippen LogP contribution is 2.25. The van der Waals surface area contributed by atoms with E-state index >= 15 is 0 Å². The molecular weight excluding hydrogens is 242 g/mol. The molecule has 0 aromatic carbocycles. The Morgan fingerprint density at radius 1 is 1.58 bits per heavy atom. The fourth-order valence-electron chi connectivity index (χ4n) is 2.39. The number of hydrogen-bond acceptors (Lipinski definition) is 3. The van der Waals surface area contributed by atoms with Crippen molar-refractivity contribution in [2.75, 3.05) is 7.11 Å². The summed E-state index contributed by atoms with van der Waals surface area (Å²) in [5.74, 6) is 0.484. The predicted molar refractivity (Wildman–Crippen MR) is 75.8 cm³/mol. The zero-order valence-corrected chi connectivity index (χ0v) is 12.1. The minimum absolute atomic E-state index is 0.238. The molecule has 0 bridgehead atoms. The van der Waals surface area contributed by atoms with Gasteiger partial charge in [-0.25, -0.2) is 4.79 Å². The summed E-state index contributed by atoms with van der Waals surface area (Å²) in [6.45, 7) is 4.26. The number of allylic oxidation sites excluding steroid dienone is 2. The van der Waals surface area contributed by atoms with Crippen molar-refractivity contribution in [2.45, 2.75) is 51.7 Å². The SMILES string of the molecule is CCCCC(OC(N)=O)C(OC)C1=CC(C)CC=C1. The zero-order chi connectivity index (χ0) is 14.3. The molecule has 3 atom stereocenters. The topological polar surface area (TPSA) is 61.5 Å². The van der Waals surface area contributed by atoms with Crippen molar-refractivity contribution in [2.24, 2.45) is 11.7 Å². The maximum atomic E-state index is 11.0. The first-order valence-electron chi connectivity index (χ1n) is 6.95. The van der Waals surface area contributed by atoms with E-state index in [1.54, 1.807) is 7.11 Å². The molecule has 4 nitrogen and oxygen atoms in total. The molecule has 4 heteroatoms. The van der Waals surface area contributed by atoms with E-state index in [-0.39, 0.29) is 12.2 Å². The third-order valence-electron chi connectivity index (χ3n) is 3.33. The van der Waals surface area contributed by atoms with Crippen LogP contribution in [-0.4, -0.2) is 25.4 Å². The number of amides is 1. The minimum Gasteiger partial charge on any atom is -0.443 e. The van der Waals surface area contributed by atoms with Crippen LogP contribution in [0.25, 0.3) is 0 Å².